The highest BCUT2D eigenvalue weighted by atomic mass is 16.5. The van der Waals surface area contributed by atoms with Crippen molar-refractivity contribution < 1.29 is 9.53 Å². The number of carbonyl (C=O) groups is 1. The molecule has 2 N–H and O–H groups in total. The minimum atomic E-state index is -0.198. The van der Waals surface area contributed by atoms with E-state index in [0.717, 1.165) is 31.7 Å². The summed E-state index contributed by atoms with van der Waals surface area (Å²) in [7, 11) is 1.59. The van der Waals surface area contributed by atoms with Crippen molar-refractivity contribution in [2.45, 2.75) is 12.8 Å². The Morgan fingerprint density at radius 3 is 2.68 bits per heavy atom. The summed E-state index contributed by atoms with van der Waals surface area (Å²) in [6, 6.07) is 13.2. The number of benzene rings is 1. The van der Waals surface area contributed by atoms with Gasteiger partial charge in [0.05, 0.1) is 12.8 Å². The molecule has 6 heteroatoms. The third kappa shape index (κ3) is 4.62. The number of para-hydroxylation sites is 2. The highest BCUT2D eigenvalue weighted by Gasteiger charge is 2.20. The van der Waals surface area contributed by atoms with Gasteiger partial charge >= 0.3 is 6.03 Å². The van der Waals surface area contributed by atoms with Crippen LogP contribution in [0.4, 0.5) is 16.3 Å². The summed E-state index contributed by atoms with van der Waals surface area (Å²) >= 11 is 0. The highest BCUT2D eigenvalue weighted by molar-refractivity contribution is 5.90. The average molecular weight is 340 g/mol. The summed E-state index contributed by atoms with van der Waals surface area (Å²) in [5, 5.41) is 5.81. The van der Waals surface area contributed by atoms with Crippen molar-refractivity contribution in [2.24, 2.45) is 5.92 Å². The van der Waals surface area contributed by atoms with Crippen molar-refractivity contribution in [1.82, 2.24) is 10.3 Å². The number of nitrogens with zero attached hydrogens (tertiary/aromatic N) is 2. The van der Waals surface area contributed by atoms with Crippen LogP contribution in [0.2, 0.25) is 0 Å². The lowest BCUT2D eigenvalue weighted by atomic mass is 9.97. The fourth-order valence-corrected chi connectivity index (χ4v) is 3.06. The van der Waals surface area contributed by atoms with Gasteiger partial charge in [-0.05, 0) is 43.0 Å². The summed E-state index contributed by atoms with van der Waals surface area (Å²) in [5.41, 5.74) is 0.674. The number of anilines is 2. The molecule has 1 fully saturated rings. The molecule has 0 saturated carbocycles. The van der Waals surface area contributed by atoms with Crippen molar-refractivity contribution in [3.63, 3.8) is 0 Å². The largest absolute Gasteiger partial charge is 0.495 e. The predicted molar refractivity (Wildman–Crippen MR) is 99.2 cm³/mol. The number of hydrogen-bond donors (Lipinski definition) is 2. The van der Waals surface area contributed by atoms with Gasteiger partial charge in [0.15, 0.2) is 0 Å². The second-order valence-corrected chi connectivity index (χ2v) is 6.15. The van der Waals surface area contributed by atoms with Crippen molar-refractivity contribution in [1.29, 1.82) is 0 Å². The molecule has 25 heavy (non-hydrogen) atoms. The van der Waals surface area contributed by atoms with Crippen LogP contribution in [0, 0.1) is 5.92 Å². The van der Waals surface area contributed by atoms with Gasteiger partial charge in [0.2, 0.25) is 0 Å². The second-order valence-electron chi connectivity index (χ2n) is 6.15. The maximum atomic E-state index is 12.1. The van der Waals surface area contributed by atoms with E-state index in [2.05, 4.69) is 20.5 Å². The Labute approximate surface area is 148 Å². The number of ether oxygens (including phenoxy) is 1. The first-order valence-corrected chi connectivity index (χ1v) is 8.60. The van der Waals surface area contributed by atoms with Crippen LogP contribution in [-0.4, -0.2) is 37.8 Å². The molecule has 132 valence electrons. The molecule has 0 aliphatic carbocycles. The number of rotatable bonds is 5. The summed E-state index contributed by atoms with van der Waals surface area (Å²) in [6.45, 7) is 2.62. The van der Waals surface area contributed by atoms with E-state index >= 15 is 0 Å². The van der Waals surface area contributed by atoms with Gasteiger partial charge in [0.25, 0.3) is 0 Å². The number of aromatic nitrogens is 1. The van der Waals surface area contributed by atoms with Crippen molar-refractivity contribution >= 4 is 17.5 Å². The molecule has 0 unspecified atom stereocenters. The predicted octanol–water partition coefficient (Wildman–Crippen LogP) is 3.13. The SMILES string of the molecule is COc1ccccc1NC(=O)NCC1CCN(c2ccccn2)CC1. The lowest BCUT2D eigenvalue weighted by Gasteiger charge is -2.32. The Balaban J connectivity index is 1.43. The second kappa shape index (κ2) is 8.37. The Bertz CT molecular complexity index is 685. The number of piperidine rings is 1. The molecule has 6 nitrogen and oxygen atoms in total. The van der Waals surface area contributed by atoms with Gasteiger partial charge in [-0.15, -0.1) is 0 Å². The van der Waals surface area contributed by atoms with Gasteiger partial charge in [-0.3, -0.25) is 0 Å². The number of urea groups is 1. The number of pyridine rings is 1. The van der Waals surface area contributed by atoms with Gasteiger partial charge in [-0.25, -0.2) is 9.78 Å². The number of hydrogen-bond acceptors (Lipinski definition) is 4. The van der Waals surface area contributed by atoms with Crippen LogP contribution < -0.4 is 20.3 Å². The maximum absolute atomic E-state index is 12.1. The number of methoxy groups -OCH3 is 1. The van der Waals surface area contributed by atoms with Gasteiger partial charge in [0, 0.05) is 25.8 Å². The number of nitrogens with one attached hydrogen (secondary N) is 2. The first-order chi connectivity index (χ1) is 12.3. The summed E-state index contributed by atoms with van der Waals surface area (Å²) < 4.78 is 5.24. The molecule has 3 rings (SSSR count). The molecular formula is C19H24N4O2. The first kappa shape index (κ1) is 17.1. The third-order valence-electron chi connectivity index (χ3n) is 4.49. The van der Waals surface area contributed by atoms with Crippen LogP contribution in [0.15, 0.2) is 48.7 Å². The zero-order chi connectivity index (χ0) is 17.5. The van der Waals surface area contributed by atoms with Gasteiger partial charge < -0.3 is 20.3 Å². The van der Waals surface area contributed by atoms with E-state index in [4.69, 9.17) is 4.74 Å². The zero-order valence-corrected chi connectivity index (χ0v) is 14.4. The monoisotopic (exact) mass is 340 g/mol. The lowest BCUT2D eigenvalue weighted by Crippen LogP contribution is -2.40. The van der Waals surface area contributed by atoms with Gasteiger partial charge in [-0.1, -0.05) is 18.2 Å². The molecule has 1 aromatic carbocycles. The van der Waals surface area contributed by atoms with E-state index in [0.29, 0.717) is 23.9 Å². The molecule has 1 aromatic heterocycles. The topological polar surface area (TPSA) is 66.5 Å². The summed E-state index contributed by atoms with van der Waals surface area (Å²) in [5.74, 6) is 2.17. The highest BCUT2D eigenvalue weighted by Crippen LogP contribution is 2.23. The molecule has 2 aromatic rings. The average Bonchev–Trinajstić information content (AvgIpc) is 2.68. The third-order valence-corrected chi connectivity index (χ3v) is 4.49. The molecule has 0 radical (unpaired) electrons. The van der Waals surface area contributed by atoms with Crippen LogP contribution in [-0.2, 0) is 0 Å². The first-order valence-electron chi connectivity index (χ1n) is 8.60. The van der Waals surface area contributed by atoms with Crippen LogP contribution in [0.1, 0.15) is 12.8 Å². The fourth-order valence-electron chi connectivity index (χ4n) is 3.06. The van der Waals surface area contributed by atoms with Crippen molar-refractivity contribution in [2.75, 3.05) is 37.0 Å². The molecule has 1 aliphatic heterocycles. The minimum absolute atomic E-state index is 0.198. The summed E-state index contributed by atoms with van der Waals surface area (Å²) in [6.07, 6.45) is 3.92. The normalized spacial score (nSPS) is 14.8. The molecule has 0 bridgehead atoms. The van der Waals surface area contributed by atoms with E-state index in [1.807, 2.05) is 48.7 Å². The van der Waals surface area contributed by atoms with E-state index < -0.39 is 0 Å². The molecule has 0 atom stereocenters. The van der Waals surface area contributed by atoms with Gasteiger partial charge in [-0.2, -0.15) is 0 Å². The van der Waals surface area contributed by atoms with Crippen LogP contribution in [0.25, 0.3) is 0 Å². The molecule has 1 saturated heterocycles. The van der Waals surface area contributed by atoms with Crippen molar-refractivity contribution in [3.05, 3.63) is 48.7 Å². The fraction of sp³-hybridized carbons (Fsp3) is 0.368. The van der Waals surface area contributed by atoms with Crippen LogP contribution in [0.3, 0.4) is 0 Å². The van der Waals surface area contributed by atoms with E-state index in [9.17, 15) is 4.79 Å². The van der Waals surface area contributed by atoms with E-state index in [1.165, 1.54) is 0 Å². The molecule has 0 spiro atoms. The van der Waals surface area contributed by atoms with E-state index in [-0.39, 0.29) is 6.03 Å². The Morgan fingerprint density at radius 2 is 1.96 bits per heavy atom. The molecule has 1 aliphatic rings. The molecule has 2 heterocycles. The van der Waals surface area contributed by atoms with Crippen molar-refractivity contribution in [3.8, 4) is 5.75 Å². The Hall–Kier alpha value is -2.76. The molecule has 2 amide bonds. The Kier molecular flexibility index (Phi) is 5.72. The Morgan fingerprint density at radius 1 is 1.20 bits per heavy atom. The van der Waals surface area contributed by atoms with Crippen LogP contribution in [0.5, 0.6) is 5.75 Å². The van der Waals surface area contributed by atoms with E-state index in [1.54, 1.807) is 7.11 Å². The number of amides is 2. The number of carbonyl (C=O) groups excluding carboxylic acids is 1. The van der Waals surface area contributed by atoms with Crippen LogP contribution >= 0.6 is 0 Å². The maximum Gasteiger partial charge on any atom is 0.319 e. The quantitative estimate of drug-likeness (QED) is 0.878. The zero-order valence-electron chi connectivity index (χ0n) is 14.4. The minimum Gasteiger partial charge on any atom is -0.495 e. The smallest absolute Gasteiger partial charge is 0.319 e. The summed E-state index contributed by atoms with van der Waals surface area (Å²) in [4.78, 5) is 18.8. The van der Waals surface area contributed by atoms with Gasteiger partial charge in [0.1, 0.15) is 11.6 Å². The lowest BCUT2D eigenvalue weighted by molar-refractivity contribution is 0.248. The standard InChI is InChI=1S/C19H24N4O2/c1-25-17-7-3-2-6-16(17)22-19(24)21-14-15-9-12-23(13-10-15)18-8-4-5-11-20-18/h2-8,11,15H,9-10,12-14H2,1H3,(H2,21,22,24). The molecular weight excluding hydrogens is 316 g/mol.